The molecule has 96 valence electrons. The fourth-order valence-electron chi connectivity index (χ4n) is 1.63. The average Bonchev–Trinajstić information content (AvgIpc) is 2.58. The summed E-state index contributed by atoms with van der Waals surface area (Å²) in [7, 11) is 0. The minimum absolute atomic E-state index is 0.0874. The summed E-state index contributed by atoms with van der Waals surface area (Å²) in [6, 6.07) is 7.67. The molecule has 3 nitrogen and oxygen atoms in total. The minimum Gasteiger partial charge on any atom is -0.492 e. The minimum atomic E-state index is 0.0874. The van der Waals surface area contributed by atoms with Crippen molar-refractivity contribution in [3.05, 3.63) is 49.0 Å². The number of aromatic nitrogens is 1. The molecule has 0 aliphatic carbocycles. The van der Waals surface area contributed by atoms with Gasteiger partial charge in [0, 0.05) is 15.0 Å². The number of hydrogen-bond acceptors (Lipinski definition) is 3. The Kier molecular flexibility index (Phi) is 4.24. The van der Waals surface area contributed by atoms with Crippen LogP contribution in [0.1, 0.15) is 10.6 Å². The van der Waals surface area contributed by atoms with Crippen LogP contribution in [-0.2, 0) is 6.54 Å². The molecule has 0 radical (unpaired) electrons. The molecule has 0 unspecified atom stereocenters. The van der Waals surface area contributed by atoms with Gasteiger partial charge in [0.05, 0.1) is 6.54 Å². The van der Waals surface area contributed by atoms with E-state index in [9.17, 15) is 4.79 Å². The number of aryl methyl sites for hydroxylation is 1. The summed E-state index contributed by atoms with van der Waals surface area (Å²) >= 11 is 4.66. The second kappa shape index (κ2) is 5.71. The smallest absolute Gasteiger partial charge is 0.307 e. The van der Waals surface area contributed by atoms with Gasteiger partial charge in [0.15, 0.2) is 0 Å². The predicted molar refractivity (Wildman–Crippen MR) is 77.7 cm³/mol. The Bertz CT molecular complexity index is 586. The molecule has 18 heavy (non-hydrogen) atoms. The lowest BCUT2D eigenvalue weighted by atomic mass is 10.3. The second-order valence-electron chi connectivity index (χ2n) is 3.96. The Morgan fingerprint density at radius 2 is 1.94 bits per heavy atom. The van der Waals surface area contributed by atoms with Gasteiger partial charge in [-0.3, -0.25) is 9.36 Å². The molecule has 0 atom stereocenters. The Hall–Kier alpha value is -1.07. The first-order valence-corrected chi connectivity index (χ1v) is 7.24. The highest BCUT2D eigenvalue weighted by Gasteiger charge is 2.06. The van der Waals surface area contributed by atoms with Crippen molar-refractivity contribution in [1.29, 1.82) is 0 Å². The topological polar surface area (TPSA) is 31.2 Å². The van der Waals surface area contributed by atoms with Crippen molar-refractivity contribution in [3.8, 4) is 5.75 Å². The quantitative estimate of drug-likeness (QED) is 0.862. The SMILES string of the molecule is Cc1sc(=O)n(CCOc2ccc(Br)cc2)c1C. The third-order valence-corrected chi connectivity index (χ3v) is 4.30. The fraction of sp³-hybridized carbons (Fsp3) is 0.308. The zero-order valence-corrected chi connectivity index (χ0v) is 12.7. The molecule has 0 amide bonds. The van der Waals surface area contributed by atoms with Gasteiger partial charge in [-0.05, 0) is 38.1 Å². The fourth-order valence-corrected chi connectivity index (χ4v) is 2.75. The van der Waals surface area contributed by atoms with Crippen molar-refractivity contribution in [1.82, 2.24) is 4.57 Å². The molecule has 0 N–H and O–H groups in total. The first-order valence-electron chi connectivity index (χ1n) is 5.63. The van der Waals surface area contributed by atoms with Crippen LogP contribution in [0.4, 0.5) is 0 Å². The highest BCUT2D eigenvalue weighted by Crippen LogP contribution is 2.16. The summed E-state index contributed by atoms with van der Waals surface area (Å²) in [4.78, 5) is 12.8. The van der Waals surface area contributed by atoms with Crippen molar-refractivity contribution < 1.29 is 4.74 Å². The van der Waals surface area contributed by atoms with Crippen molar-refractivity contribution >= 4 is 27.3 Å². The molecule has 1 aromatic carbocycles. The molecule has 0 bridgehead atoms. The molecular formula is C13H14BrNO2S. The van der Waals surface area contributed by atoms with Crippen LogP contribution in [0.15, 0.2) is 33.5 Å². The van der Waals surface area contributed by atoms with E-state index < -0.39 is 0 Å². The molecule has 0 saturated heterocycles. The molecule has 0 saturated carbocycles. The normalized spacial score (nSPS) is 10.6. The number of ether oxygens (including phenoxy) is 1. The third-order valence-electron chi connectivity index (χ3n) is 2.77. The zero-order chi connectivity index (χ0) is 13.1. The van der Waals surface area contributed by atoms with Gasteiger partial charge in [0.2, 0.25) is 0 Å². The lowest BCUT2D eigenvalue weighted by Gasteiger charge is -2.08. The van der Waals surface area contributed by atoms with E-state index in [1.165, 1.54) is 11.3 Å². The Labute approximate surface area is 118 Å². The van der Waals surface area contributed by atoms with E-state index in [-0.39, 0.29) is 4.87 Å². The largest absolute Gasteiger partial charge is 0.492 e. The van der Waals surface area contributed by atoms with Gasteiger partial charge in [-0.1, -0.05) is 27.3 Å². The van der Waals surface area contributed by atoms with Gasteiger partial charge in [0.1, 0.15) is 12.4 Å². The lowest BCUT2D eigenvalue weighted by molar-refractivity contribution is 0.296. The van der Waals surface area contributed by atoms with Crippen LogP contribution >= 0.6 is 27.3 Å². The lowest BCUT2D eigenvalue weighted by Crippen LogP contribution is -2.19. The van der Waals surface area contributed by atoms with E-state index in [0.717, 1.165) is 20.8 Å². The van der Waals surface area contributed by atoms with Gasteiger partial charge in [0.25, 0.3) is 0 Å². The molecular weight excluding hydrogens is 314 g/mol. The van der Waals surface area contributed by atoms with Gasteiger partial charge in [-0.2, -0.15) is 0 Å². The summed E-state index contributed by atoms with van der Waals surface area (Å²) in [6.07, 6.45) is 0. The molecule has 2 aromatic rings. The molecule has 0 spiro atoms. The summed E-state index contributed by atoms with van der Waals surface area (Å²) in [6.45, 7) is 5.02. The molecule has 5 heteroatoms. The standard InChI is InChI=1S/C13H14BrNO2S/c1-9-10(2)18-13(16)15(9)7-8-17-12-5-3-11(14)4-6-12/h3-6H,7-8H2,1-2H3. The monoisotopic (exact) mass is 327 g/mol. The predicted octanol–water partition coefficient (Wildman–Crippen LogP) is 3.37. The molecule has 0 fully saturated rings. The van der Waals surface area contributed by atoms with Crippen molar-refractivity contribution in [2.45, 2.75) is 20.4 Å². The van der Waals surface area contributed by atoms with Crippen LogP contribution in [0.5, 0.6) is 5.75 Å². The first kappa shape index (κ1) is 13.4. The number of hydrogen-bond donors (Lipinski definition) is 0. The number of nitrogens with zero attached hydrogens (tertiary/aromatic N) is 1. The molecule has 1 heterocycles. The maximum Gasteiger partial charge on any atom is 0.307 e. The highest BCUT2D eigenvalue weighted by molar-refractivity contribution is 9.10. The van der Waals surface area contributed by atoms with Crippen molar-refractivity contribution in [2.75, 3.05) is 6.61 Å². The number of rotatable bonds is 4. The molecule has 0 aliphatic heterocycles. The maximum atomic E-state index is 11.7. The Morgan fingerprint density at radius 3 is 2.50 bits per heavy atom. The number of benzene rings is 1. The van der Waals surface area contributed by atoms with Gasteiger partial charge >= 0.3 is 4.87 Å². The molecule has 2 rings (SSSR count). The van der Waals surface area contributed by atoms with Crippen molar-refractivity contribution in [3.63, 3.8) is 0 Å². The average molecular weight is 328 g/mol. The Morgan fingerprint density at radius 1 is 1.28 bits per heavy atom. The third kappa shape index (κ3) is 3.03. The molecule has 0 aliphatic rings. The first-order chi connectivity index (χ1) is 8.58. The van der Waals surface area contributed by atoms with Gasteiger partial charge in [-0.25, -0.2) is 0 Å². The highest BCUT2D eigenvalue weighted by atomic mass is 79.9. The van der Waals surface area contributed by atoms with E-state index in [4.69, 9.17) is 4.74 Å². The van der Waals surface area contributed by atoms with E-state index in [1.807, 2.05) is 38.1 Å². The zero-order valence-electron chi connectivity index (χ0n) is 10.3. The van der Waals surface area contributed by atoms with Crippen LogP contribution in [0, 0.1) is 13.8 Å². The van der Waals surface area contributed by atoms with Crippen LogP contribution in [0.25, 0.3) is 0 Å². The van der Waals surface area contributed by atoms with Gasteiger partial charge < -0.3 is 4.74 Å². The molecule has 1 aromatic heterocycles. The van der Waals surface area contributed by atoms with E-state index in [0.29, 0.717) is 13.2 Å². The maximum absolute atomic E-state index is 11.7. The summed E-state index contributed by atoms with van der Waals surface area (Å²) in [5.41, 5.74) is 1.03. The van der Waals surface area contributed by atoms with Crippen LogP contribution in [0.2, 0.25) is 0 Å². The van der Waals surface area contributed by atoms with Crippen LogP contribution in [-0.4, -0.2) is 11.2 Å². The summed E-state index contributed by atoms with van der Waals surface area (Å²) in [5.74, 6) is 0.816. The van der Waals surface area contributed by atoms with E-state index in [1.54, 1.807) is 4.57 Å². The number of thiazole rings is 1. The summed E-state index contributed by atoms with van der Waals surface area (Å²) in [5, 5.41) is 0. The van der Waals surface area contributed by atoms with Crippen molar-refractivity contribution in [2.24, 2.45) is 0 Å². The summed E-state index contributed by atoms with van der Waals surface area (Å²) < 4.78 is 8.39. The second-order valence-corrected chi connectivity index (χ2v) is 6.04. The van der Waals surface area contributed by atoms with Crippen LogP contribution < -0.4 is 9.61 Å². The van der Waals surface area contributed by atoms with Gasteiger partial charge in [-0.15, -0.1) is 0 Å². The van der Waals surface area contributed by atoms with Crippen LogP contribution in [0.3, 0.4) is 0 Å². The van der Waals surface area contributed by atoms with E-state index >= 15 is 0 Å². The van der Waals surface area contributed by atoms with E-state index in [2.05, 4.69) is 15.9 Å². The number of halogens is 1. The Balaban J connectivity index is 1.96.